The Labute approximate surface area is 221 Å². The van der Waals surface area contributed by atoms with Crippen LogP contribution in [0.1, 0.15) is 29.3 Å². The number of aromatic nitrogens is 1. The molecule has 0 N–H and O–H groups in total. The van der Waals surface area contributed by atoms with E-state index in [9.17, 15) is 13.2 Å². The zero-order chi connectivity index (χ0) is 26.3. The molecule has 0 saturated carbocycles. The molecule has 1 aliphatic rings. The first-order valence-electron chi connectivity index (χ1n) is 12.4. The number of carbonyl (C=O) groups is 1. The van der Waals surface area contributed by atoms with Crippen LogP contribution in [0.4, 0.5) is 5.69 Å². The number of hydrogen-bond acceptors (Lipinski definition) is 4. The number of carbonyl (C=O) groups excluding carboxylic acids is 1. The summed E-state index contributed by atoms with van der Waals surface area (Å²) in [6, 6.07) is 32.7. The van der Waals surface area contributed by atoms with Gasteiger partial charge in [0.15, 0.2) is 0 Å². The summed E-state index contributed by atoms with van der Waals surface area (Å²) in [7, 11) is -4.02. The number of hydrogen-bond donors (Lipinski definition) is 0. The smallest absolute Gasteiger partial charge is 0.308 e. The molecule has 1 aliphatic heterocycles. The summed E-state index contributed by atoms with van der Waals surface area (Å²) < 4.78 is 37.5. The van der Waals surface area contributed by atoms with Crippen LogP contribution < -0.4 is 4.31 Å². The minimum absolute atomic E-state index is 0.122. The molecule has 0 bridgehead atoms. The van der Waals surface area contributed by atoms with Crippen molar-refractivity contribution in [1.82, 2.24) is 4.57 Å². The Balaban J connectivity index is 1.48. The maximum Gasteiger partial charge on any atom is 0.308 e. The lowest BCUT2D eigenvalue weighted by Crippen LogP contribution is -2.40. The Kier molecular flexibility index (Phi) is 6.00. The topological polar surface area (TPSA) is 68.6 Å². The number of sulfonamides is 1. The fourth-order valence-electron chi connectivity index (χ4n) is 5.08. The SMILES string of the molecule is Cc1ccc(S(=O)(=O)N2c3ccccc3-n3c(cc4ccccc43)C2CC(=O)OCc2ccccc2)cc1. The van der Waals surface area contributed by atoms with Gasteiger partial charge in [-0.1, -0.05) is 78.4 Å². The van der Waals surface area contributed by atoms with Gasteiger partial charge in [-0.15, -0.1) is 0 Å². The van der Waals surface area contributed by atoms with Crippen LogP contribution in [0.25, 0.3) is 16.6 Å². The molecule has 6 nitrogen and oxygen atoms in total. The van der Waals surface area contributed by atoms with E-state index < -0.39 is 22.0 Å². The van der Waals surface area contributed by atoms with Crippen LogP contribution in [0, 0.1) is 6.92 Å². The number of fused-ring (bicyclic) bond motifs is 5. The lowest BCUT2D eigenvalue weighted by Gasteiger charge is -2.38. The lowest BCUT2D eigenvalue weighted by molar-refractivity contribution is -0.145. The Hall–Kier alpha value is -4.36. The van der Waals surface area contributed by atoms with Crippen LogP contribution >= 0.6 is 0 Å². The van der Waals surface area contributed by atoms with E-state index in [0.29, 0.717) is 5.69 Å². The van der Waals surface area contributed by atoms with Gasteiger partial charge in [-0.2, -0.15) is 0 Å². The van der Waals surface area contributed by atoms with Gasteiger partial charge < -0.3 is 9.30 Å². The van der Waals surface area contributed by atoms with E-state index in [1.165, 1.54) is 4.31 Å². The summed E-state index contributed by atoms with van der Waals surface area (Å²) in [6.07, 6.45) is -0.136. The monoisotopic (exact) mass is 522 g/mol. The van der Waals surface area contributed by atoms with Gasteiger partial charge in [-0.05, 0) is 48.9 Å². The molecule has 0 spiro atoms. The van der Waals surface area contributed by atoms with E-state index in [0.717, 1.165) is 33.4 Å². The van der Waals surface area contributed by atoms with Crippen LogP contribution in [0.15, 0.2) is 114 Å². The number of para-hydroxylation sites is 3. The molecule has 5 aromatic rings. The van der Waals surface area contributed by atoms with Crippen LogP contribution in [0.2, 0.25) is 0 Å². The van der Waals surface area contributed by atoms with Crippen molar-refractivity contribution < 1.29 is 17.9 Å². The molecule has 0 fully saturated rings. The minimum atomic E-state index is -4.02. The summed E-state index contributed by atoms with van der Waals surface area (Å²) in [4.78, 5) is 13.4. The van der Waals surface area contributed by atoms with Crippen molar-refractivity contribution in [2.45, 2.75) is 30.9 Å². The highest BCUT2D eigenvalue weighted by Gasteiger charge is 2.41. The number of nitrogens with zero attached hydrogens (tertiary/aromatic N) is 2. The van der Waals surface area contributed by atoms with Crippen molar-refractivity contribution in [1.29, 1.82) is 0 Å². The molecule has 6 rings (SSSR count). The molecule has 0 radical (unpaired) electrons. The first kappa shape index (κ1) is 24.0. The summed E-state index contributed by atoms with van der Waals surface area (Å²) >= 11 is 0. The van der Waals surface area contributed by atoms with E-state index in [-0.39, 0.29) is 17.9 Å². The van der Waals surface area contributed by atoms with Gasteiger partial charge >= 0.3 is 5.97 Å². The molecule has 1 aromatic heterocycles. The van der Waals surface area contributed by atoms with Gasteiger partial charge in [0.25, 0.3) is 10.0 Å². The maximum absolute atomic E-state index is 14.2. The molecule has 190 valence electrons. The van der Waals surface area contributed by atoms with Gasteiger partial charge in [0.2, 0.25) is 0 Å². The van der Waals surface area contributed by atoms with Crippen molar-refractivity contribution in [2.24, 2.45) is 0 Å². The highest BCUT2D eigenvalue weighted by atomic mass is 32.2. The van der Waals surface area contributed by atoms with Crippen molar-refractivity contribution in [3.63, 3.8) is 0 Å². The number of aryl methyl sites for hydroxylation is 1. The van der Waals surface area contributed by atoms with Crippen molar-refractivity contribution >= 4 is 32.6 Å². The third kappa shape index (κ3) is 4.15. The van der Waals surface area contributed by atoms with Crippen molar-refractivity contribution in [3.8, 4) is 5.69 Å². The predicted octanol–water partition coefficient (Wildman–Crippen LogP) is 6.32. The maximum atomic E-state index is 14.2. The average Bonchev–Trinajstić information content (AvgIpc) is 3.33. The van der Waals surface area contributed by atoms with E-state index in [2.05, 4.69) is 4.57 Å². The third-order valence-electron chi connectivity index (χ3n) is 6.90. The zero-order valence-electron chi connectivity index (χ0n) is 20.8. The molecule has 1 unspecified atom stereocenters. The fraction of sp³-hybridized carbons (Fsp3) is 0.129. The zero-order valence-corrected chi connectivity index (χ0v) is 21.6. The molecule has 7 heteroatoms. The fourth-order valence-corrected chi connectivity index (χ4v) is 6.72. The highest BCUT2D eigenvalue weighted by molar-refractivity contribution is 7.92. The summed E-state index contributed by atoms with van der Waals surface area (Å²) in [6.45, 7) is 2.03. The summed E-state index contributed by atoms with van der Waals surface area (Å²) in [5.41, 5.74) is 4.76. The van der Waals surface area contributed by atoms with Crippen LogP contribution in [0.5, 0.6) is 0 Å². The van der Waals surface area contributed by atoms with Crippen LogP contribution in [0.3, 0.4) is 0 Å². The standard InChI is InChI=1S/C31H26N2O4S/c1-22-15-17-25(18-16-22)38(35,36)33-28-14-8-7-13-27(28)32-26-12-6-5-11-24(26)19-29(32)30(33)20-31(34)37-21-23-9-3-2-4-10-23/h2-19,30H,20-21H2,1H3. The average molecular weight is 523 g/mol. The third-order valence-corrected chi connectivity index (χ3v) is 8.74. The number of rotatable bonds is 6. The van der Waals surface area contributed by atoms with Gasteiger partial charge in [0, 0.05) is 11.1 Å². The Morgan fingerprint density at radius 1 is 0.816 bits per heavy atom. The second-order valence-electron chi connectivity index (χ2n) is 9.43. The largest absolute Gasteiger partial charge is 0.461 e. The number of anilines is 1. The lowest BCUT2D eigenvalue weighted by atomic mass is 10.1. The molecular weight excluding hydrogens is 496 g/mol. The first-order valence-corrected chi connectivity index (χ1v) is 13.9. The molecule has 0 amide bonds. The van der Waals surface area contributed by atoms with Crippen LogP contribution in [-0.4, -0.2) is 19.0 Å². The molecule has 1 atom stereocenters. The second-order valence-corrected chi connectivity index (χ2v) is 11.2. The number of benzene rings is 4. The van der Waals surface area contributed by atoms with Gasteiger partial charge in [-0.25, -0.2) is 8.42 Å². The molecule has 0 saturated heterocycles. The Morgan fingerprint density at radius 3 is 2.24 bits per heavy atom. The summed E-state index contributed by atoms with van der Waals surface area (Å²) in [5, 5.41) is 0.967. The molecule has 38 heavy (non-hydrogen) atoms. The molecule has 4 aromatic carbocycles. The number of esters is 1. The van der Waals surface area contributed by atoms with Gasteiger partial charge in [-0.3, -0.25) is 9.10 Å². The van der Waals surface area contributed by atoms with Crippen LogP contribution in [-0.2, 0) is 26.2 Å². The minimum Gasteiger partial charge on any atom is -0.461 e. The van der Waals surface area contributed by atoms with E-state index >= 15 is 0 Å². The second kappa shape index (κ2) is 9.50. The van der Waals surface area contributed by atoms with E-state index in [1.807, 2.05) is 85.8 Å². The Bertz CT molecular complexity index is 1740. The highest BCUT2D eigenvalue weighted by Crippen LogP contribution is 2.46. The normalized spacial score (nSPS) is 14.7. The quantitative estimate of drug-likeness (QED) is 0.245. The van der Waals surface area contributed by atoms with Crippen molar-refractivity contribution in [2.75, 3.05) is 4.31 Å². The van der Waals surface area contributed by atoms with E-state index in [4.69, 9.17) is 4.74 Å². The first-order chi connectivity index (χ1) is 18.4. The summed E-state index contributed by atoms with van der Waals surface area (Å²) in [5.74, 6) is -0.473. The van der Waals surface area contributed by atoms with E-state index in [1.54, 1.807) is 30.3 Å². The predicted molar refractivity (Wildman–Crippen MR) is 148 cm³/mol. The van der Waals surface area contributed by atoms with Crippen molar-refractivity contribution in [3.05, 3.63) is 126 Å². The van der Waals surface area contributed by atoms with Gasteiger partial charge in [0.1, 0.15) is 6.61 Å². The Morgan fingerprint density at radius 2 is 1.47 bits per heavy atom. The number of ether oxygens (including phenoxy) is 1. The molecular formula is C31H26N2O4S. The molecule has 2 heterocycles. The molecule has 0 aliphatic carbocycles. The van der Waals surface area contributed by atoms with Gasteiger partial charge in [0.05, 0.1) is 34.2 Å².